The fourth-order valence-corrected chi connectivity index (χ4v) is 4.01. The summed E-state index contributed by atoms with van der Waals surface area (Å²) >= 11 is 0. The van der Waals surface area contributed by atoms with E-state index in [1.54, 1.807) is 18.5 Å². The molecule has 1 aliphatic rings. The highest BCUT2D eigenvalue weighted by molar-refractivity contribution is 6.12. The molecule has 1 aliphatic heterocycles. The number of carbonyl (C=O) groups excluding carboxylic acids is 1. The normalized spacial score (nSPS) is 18.3. The van der Waals surface area contributed by atoms with Gasteiger partial charge < -0.3 is 15.0 Å². The second kappa shape index (κ2) is 6.18. The Morgan fingerprint density at radius 2 is 1.86 bits per heavy atom. The van der Waals surface area contributed by atoms with Crippen LogP contribution in [-0.4, -0.2) is 35.1 Å². The van der Waals surface area contributed by atoms with Crippen LogP contribution in [0.5, 0.6) is 0 Å². The molecule has 1 aromatic heterocycles. The van der Waals surface area contributed by atoms with Crippen molar-refractivity contribution in [3.63, 3.8) is 0 Å². The zero-order chi connectivity index (χ0) is 20.2. The molecule has 29 heavy (non-hydrogen) atoms. The minimum atomic E-state index is -1.63. The number of carbonyl (C=O) groups is 1. The summed E-state index contributed by atoms with van der Waals surface area (Å²) in [6, 6.07) is 20.3. The first kappa shape index (κ1) is 17.5. The molecule has 0 spiro atoms. The highest BCUT2D eigenvalue weighted by Gasteiger charge is 2.50. The second-order valence-corrected chi connectivity index (χ2v) is 7.41. The molecule has 0 bridgehead atoms. The Hall–Kier alpha value is -3.64. The minimum Gasteiger partial charge on any atom is -0.378 e. The Bertz CT molecular complexity index is 1250. The maximum Gasteiger partial charge on any atom is 0.261 e. The third kappa shape index (κ3) is 2.46. The molecular formula is C23H20N4O2. The average molecular weight is 384 g/mol. The molecule has 1 atom stereocenters. The van der Waals surface area contributed by atoms with Gasteiger partial charge in [-0.2, -0.15) is 0 Å². The SMILES string of the molecule is CN(C)c1cccc(N2C(=O)c3ccccc3C2(O)c2ccc3nc[nH]c3c2)c1. The number of anilines is 2. The van der Waals surface area contributed by atoms with Crippen LogP contribution in [0, 0.1) is 0 Å². The Balaban J connectivity index is 1.77. The number of benzene rings is 3. The quantitative estimate of drug-likeness (QED) is 0.567. The number of aromatic nitrogens is 2. The van der Waals surface area contributed by atoms with Crippen LogP contribution < -0.4 is 9.80 Å². The van der Waals surface area contributed by atoms with Crippen molar-refractivity contribution in [3.8, 4) is 0 Å². The van der Waals surface area contributed by atoms with Crippen molar-refractivity contribution in [2.75, 3.05) is 23.9 Å². The smallest absolute Gasteiger partial charge is 0.261 e. The number of imidazole rings is 1. The number of rotatable bonds is 3. The first-order valence-electron chi connectivity index (χ1n) is 9.37. The van der Waals surface area contributed by atoms with Gasteiger partial charge in [0.1, 0.15) is 0 Å². The fourth-order valence-electron chi connectivity index (χ4n) is 4.01. The van der Waals surface area contributed by atoms with Crippen LogP contribution in [0.3, 0.4) is 0 Å². The largest absolute Gasteiger partial charge is 0.378 e. The summed E-state index contributed by atoms with van der Waals surface area (Å²) in [6.45, 7) is 0. The van der Waals surface area contributed by atoms with Crippen molar-refractivity contribution >= 4 is 28.3 Å². The lowest BCUT2D eigenvalue weighted by Crippen LogP contribution is -2.45. The second-order valence-electron chi connectivity index (χ2n) is 7.41. The molecule has 2 heterocycles. The average Bonchev–Trinajstić information content (AvgIpc) is 3.29. The van der Waals surface area contributed by atoms with Crippen LogP contribution in [0.15, 0.2) is 73.1 Å². The minimum absolute atomic E-state index is 0.233. The number of fused-ring (bicyclic) bond motifs is 2. The Kier molecular flexibility index (Phi) is 3.72. The molecule has 0 aliphatic carbocycles. The van der Waals surface area contributed by atoms with Gasteiger partial charge in [0.05, 0.1) is 17.4 Å². The molecule has 0 saturated carbocycles. The van der Waals surface area contributed by atoms with Crippen molar-refractivity contribution in [1.82, 2.24) is 9.97 Å². The molecule has 2 N–H and O–H groups in total. The maximum absolute atomic E-state index is 13.4. The van der Waals surface area contributed by atoms with Crippen LogP contribution in [0.2, 0.25) is 0 Å². The van der Waals surface area contributed by atoms with E-state index in [9.17, 15) is 9.90 Å². The predicted molar refractivity (Wildman–Crippen MR) is 113 cm³/mol. The monoisotopic (exact) mass is 384 g/mol. The van der Waals surface area contributed by atoms with Gasteiger partial charge in [0, 0.05) is 42.2 Å². The summed E-state index contributed by atoms with van der Waals surface area (Å²) in [4.78, 5) is 24.2. The van der Waals surface area contributed by atoms with Crippen LogP contribution in [0.1, 0.15) is 21.5 Å². The molecule has 0 saturated heterocycles. The number of hydrogen-bond donors (Lipinski definition) is 2. The molecule has 4 aromatic rings. The lowest BCUT2D eigenvalue weighted by molar-refractivity contribution is 0.0704. The van der Waals surface area contributed by atoms with Crippen molar-refractivity contribution in [1.29, 1.82) is 0 Å². The third-order valence-electron chi connectivity index (χ3n) is 5.49. The lowest BCUT2D eigenvalue weighted by Gasteiger charge is -2.35. The van der Waals surface area contributed by atoms with E-state index in [2.05, 4.69) is 9.97 Å². The van der Waals surface area contributed by atoms with E-state index in [1.165, 1.54) is 4.90 Å². The molecule has 0 fully saturated rings. The molecule has 1 amide bonds. The first-order valence-corrected chi connectivity index (χ1v) is 9.37. The summed E-state index contributed by atoms with van der Waals surface area (Å²) in [5.41, 5.74) is 3.21. The van der Waals surface area contributed by atoms with Gasteiger partial charge in [-0.15, -0.1) is 0 Å². The number of nitrogens with one attached hydrogen (secondary N) is 1. The first-order chi connectivity index (χ1) is 14.0. The number of aliphatic hydroxyl groups is 1. The Morgan fingerprint density at radius 3 is 2.69 bits per heavy atom. The van der Waals surface area contributed by atoms with Crippen LogP contribution in [-0.2, 0) is 5.72 Å². The van der Waals surface area contributed by atoms with Gasteiger partial charge in [0.15, 0.2) is 5.72 Å². The van der Waals surface area contributed by atoms with E-state index >= 15 is 0 Å². The number of hydrogen-bond acceptors (Lipinski definition) is 4. The van der Waals surface area contributed by atoms with Crippen molar-refractivity contribution in [3.05, 3.63) is 89.7 Å². The Morgan fingerprint density at radius 1 is 1.03 bits per heavy atom. The van der Waals surface area contributed by atoms with Gasteiger partial charge in [0.2, 0.25) is 0 Å². The molecular weight excluding hydrogens is 364 g/mol. The predicted octanol–water partition coefficient (Wildman–Crippen LogP) is 3.48. The van der Waals surface area contributed by atoms with Crippen LogP contribution >= 0.6 is 0 Å². The van der Waals surface area contributed by atoms with Gasteiger partial charge in [-0.3, -0.25) is 9.69 Å². The Labute approximate surface area is 168 Å². The summed E-state index contributed by atoms with van der Waals surface area (Å²) in [5.74, 6) is -0.233. The van der Waals surface area contributed by atoms with Gasteiger partial charge in [0.25, 0.3) is 5.91 Å². The summed E-state index contributed by atoms with van der Waals surface area (Å²) in [6.07, 6.45) is 1.62. The number of amides is 1. The van der Waals surface area contributed by atoms with Gasteiger partial charge in [-0.05, 0) is 36.4 Å². The van der Waals surface area contributed by atoms with Crippen molar-refractivity contribution < 1.29 is 9.90 Å². The molecule has 3 aromatic carbocycles. The van der Waals surface area contributed by atoms with Crippen LogP contribution in [0.25, 0.3) is 11.0 Å². The van der Waals surface area contributed by atoms with E-state index in [-0.39, 0.29) is 5.91 Å². The van der Waals surface area contributed by atoms with Gasteiger partial charge >= 0.3 is 0 Å². The van der Waals surface area contributed by atoms with Crippen LogP contribution in [0.4, 0.5) is 11.4 Å². The van der Waals surface area contributed by atoms with E-state index < -0.39 is 5.72 Å². The van der Waals surface area contributed by atoms with Gasteiger partial charge in [-0.25, -0.2) is 4.98 Å². The van der Waals surface area contributed by atoms with E-state index in [0.29, 0.717) is 22.4 Å². The molecule has 1 unspecified atom stereocenters. The van der Waals surface area contributed by atoms with E-state index in [0.717, 1.165) is 16.7 Å². The summed E-state index contributed by atoms with van der Waals surface area (Å²) in [5, 5.41) is 12.1. The highest BCUT2D eigenvalue weighted by Crippen LogP contribution is 2.45. The van der Waals surface area contributed by atoms with E-state index in [1.807, 2.05) is 73.6 Å². The number of aromatic amines is 1. The maximum atomic E-state index is 13.4. The molecule has 5 rings (SSSR count). The summed E-state index contributed by atoms with van der Waals surface area (Å²) in [7, 11) is 3.88. The lowest BCUT2D eigenvalue weighted by atomic mass is 9.93. The van der Waals surface area contributed by atoms with Crippen molar-refractivity contribution in [2.45, 2.75) is 5.72 Å². The molecule has 144 valence electrons. The topological polar surface area (TPSA) is 72.5 Å². The number of nitrogens with zero attached hydrogens (tertiary/aromatic N) is 3. The zero-order valence-electron chi connectivity index (χ0n) is 16.1. The fraction of sp³-hybridized carbons (Fsp3) is 0.130. The van der Waals surface area contributed by atoms with Crippen molar-refractivity contribution in [2.24, 2.45) is 0 Å². The molecule has 6 nitrogen and oxygen atoms in total. The third-order valence-corrected chi connectivity index (χ3v) is 5.49. The highest BCUT2D eigenvalue weighted by atomic mass is 16.3. The van der Waals surface area contributed by atoms with Gasteiger partial charge in [-0.1, -0.05) is 30.3 Å². The molecule has 6 heteroatoms. The zero-order valence-corrected chi connectivity index (χ0v) is 16.1. The number of H-pyrrole nitrogens is 1. The molecule has 0 radical (unpaired) electrons. The standard InChI is InChI=1S/C23H20N4O2/c1-26(2)16-6-5-7-17(13-16)27-22(28)18-8-3-4-9-19(18)23(27,29)15-10-11-20-21(12-15)25-14-24-20/h3-14,29H,1-2H3,(H,24,25). The van der Waals surface area contributed by atoms with E-state index in [4.69, 9.17) is 0 Å². The summed E-state index contributed by atoms with van der Waals surface area (Å²) < 4.78 is 0.